The first-order valence-electron chi connectivity index (χ1n) is 7.08. The molecule has 5 nitrogen and oxygen atoms in total. The summed E-state index contributed by atoms with van der Waals surface area (Å²) in [5.74, 6) is 5.31. The van der Waals surface area contributed by atoms with Crippen molar-refractivity contribution in [2.45, 2.75) is 19.0 Å². The van der Waals surface area contributed by atoms with Crippen LogP contribution in [-0.4, -0.2) is 21.2 Å². The van der Waals surface area contributed by atoms with Crippen molar-refractivity contribution in [2.75, 3.05) is 11.6 Å². The highest BCUT2D eigenvalue weighted by atomic mass is 32.2. The number of benzene rings is 1. The Morgan fingerprint density at radius 3 is 2.67 bits per heavy atom. The van der Waals surface area contributed by atoms with Crippen molar-refractivity contribution in [1.29, 1.82) is 0 Å². The Hall–Kier alpha value is -2.19. The number of hydrogen-bond donors (Lipinski definition) is 1. The van der Waals surface area contributed by atoms with Gasteiger partial charge in [0.2, 0.25) is 0 Å². The summed E-state index contributed by atoms with van der Waals surface area (Å²) in [6.45, 7) is 3.79. The number of thioether (sulfide) groups is 1. The molecule has 2 heterocycles. The fraction of sp³-hybridized carbons (Fsp3) is 0.188. The number of carbonyl (C=O) groups excluding carboxylic acids is 1. The molecule has 8 heteroatoms. The van der Waals surface area contributed by atoms with Crippen LogP contribution < -0.4 is 11.4 Å². The number of rotatable bonds is 4. The third-order valence-corrected chi connectivity index (χ3v) is 5.76. The van der Waals surface area contributed by atoms with Gasteiger partial charge in [-0.05, 0) is 43.7 Å². The summed E-state index contributed by atoms with van der Waals surface area (Å²) in [5.41, 5.74) is 0.961. The first kappa shape index (κ1) is 16.7. The highest BCUT2D eigenvalue weighted by Gasteiger charge is 2.16. The smallest absolute Gasteiger partial charge is 0.281 e. The van der Waals surface area contributed by atoms with Gasteiger partial charge in [0.1, 0.15) is 10.6 Å². The number of aryl methyl sites for hydroxylation is 2. The molecule has 0 saturated carbocycles. The van der Waals surface area contributed by atoms with Crippen LogP contribution in [0.1, 0.15) is 20.8 Å². The van der Waals surface area contributed by atoms with Crippen molar-refractivity contribution in [3.8, 4) is 0 Å². The van der Waals surface area contributed by atoms with E-state index < -0.39 is 5.82 Å². The standard InChI is InChI=1S/C16H14FN3O2S2/c1-8-9(2)24-14-13(8)15(22)20(18)16(19-14)23-7-12(21)10-3-5-11(17)6-4-10/h3-6H,7,18H2,1-2H3. The second kappa shape index (κ2) is 6.37. The molecule has 0 aliphatic rings. The minimum absolute atomic E-state index is 0.0596. The van der Waals surface area contributed by atoms with E-state index in [-0.39, 0.29) is 22.3 Å². The quantitative estimate of drug-likeness (QED) is 0.334. The van der Waals surface area contributed by atoms with E-state index in [2.05, 4.69) is 4.98 Å². The molecular weight excluding hydrogens is 349 g/mol. The van der Waals surface area contributed by atoms with Crippen LogP contribution in [0.4, 0.5) is 4.39 Å². The number of Topliss-reactive ketones (excluding diaryl/α,β-unsaturated/α-hetero) is 1. The van der Waals surface area contributed by atoms with E-state index in [1.807, 2.05) is 13.8 Å². The van der Waals surface area contributed by atoms with Crippen LogP contribution >= 0.6 is 23.1 Å². The van der Waals surface area contributed by atoms with Gasteiger partial charge < -0.3 is 5.84 Å². The summed E-state index contributed by atoms with van der Waals surface area (Å²) in [5, 5.41) is 0.804. The predicted octanol–water partition coefficient (Wildman–Crippen LogP) is 2.90. The molecule has 2 N–H and O–H groups in total. The summed E-state index contributed by atoms with van der Waals surface area (Å²) in [6, 6.07) is 5.32. The molecule has 0 aliphatic heterocycles. The lowest BCUT2D eigenvalue weighted by Crippen LogP contribution is -2.30. The van der Waals surface area contributed by atoms with Crippen molar-refractivity contribution in [3.63, 3.8) is 0 Å². The number of nitrogen functional groups attached to an aromatic ring is 1. The lowest BCUT2D eigenvalue weighted by Gasteiger charge is -2.06. The van der Waals surface area contributed by atoms with Gasteiger partial charge in [-0.25, -0.2) is 14.1 Å². The molecule has 0 unspecified atom stereocenters. The fourth-order valence-corrected chi connectivity index (χ4v) is 4.12. The van der Waals surface area contributed by atoms with E-state index in [0.29, 0.717) is 15.8 Å². The Bertz CT molecular complexity index is 993. The van der Waals surface area contributed by atoms with E-state index in [4.69, 9.17) is 5.84 Å². The highest BCUT2D eigenvalue weighted by molar-refractivity contribution is 7.99. The molecule has 0 aliphatic carbocycles. The maximum absolute atomic E-state index is 12.9. The van der Waals surface area contributed by atoms with E-state index in [1.165, 1.54) is 35.6 Å². The Balaban J connectivity index is 1.88. The van der Waals surface area contributed by atoms with Gasteiger partial charge in [-0.1, -0.05) is 11.8 Å². The molecule has 3 rings (SSSR count). The monoisotopic (exact) mass is 363 g/mol. The van der Waals surface area contributed by atoms with Crippen LogP contribution in [0.15, 0.2) is 34.2 Å². The van der Waals surface area contributed by atoms with Gasteiger partial charge in [0.05, 0.1) is 11.1 Å². The normalized spacial score (nSPS) is 11.1. The molecule has 3 aromatic rings. The van der Waals surface area contributed by atoms with E-state index in [0.717, 1.165) is 26.9 Å². The summed E-state index contributed by atoms with van der Waals surface area (Å²) in [7, 11) is 0. The molecule has 0 radical (unpaired) electrons. The lowest BCUT2D eigenvalue weighted by atomic mass is 10.1. The summed E-state index contributed by atoms with van der Waals surface area (Å²) in [4.78, 5) is 30.6. The van der Waals surface area contributed by atoms with Gasteiger partial charge in [-0.3, -0.25) is 9.59 Å². The minimum Gasteiger partial charge on any atom is -0.334 e. The molecule has 124 valence electrons. The Morgan fingerprint density at radius 1 is 1.33 bits per heavy atom. The van der Waals surface area contributed by atoms with Crippen LogP contribution in [0.2, 0.25) is 0 Å². The Labute approximate surface area is 145 Å². The number of aromatic nitrogens is 2. The Kier molecular flexibility index (Phi) is 4.42. The van der Waals surface area contributed by atoms with Crippen LogP contribution in [0.3, 0.4) is 0 Å². The van der Waals surface area contributed by atoms with Crippen LogP contribution in [0, 0.1) is 19.7 Å². The number of carbonyl (C=O) groups is 1. The first-order chi connectivity index (χ1) is 11.4. The zero-order valence-corrected chi connectivity index (χ0v) is 14.6. The van der Waals surface area contributed by atoms with E-state index in [9.17, 15) is 14.0 Å². The van der Waals surface area contributed by atoms with Gasteiger partial charge >= 0.3 is 0 Å². The average Bonchev–Trinajstić information content (AvgIpc) is 2.84. The topological polar surface area (TPSA) is 78.0 Å². The van der Waals surface area contributed by atoms with Gasteiger partial charge in [-0.15, -0.1) is 11.3 Å². The zero-order valence-electron chi connectivity index (χ0n) is 13.0. The summed E-state index contributed by atoms with van der Waals surface area (Å²) in [6.07, 6.45) is 0. The van der Waals surface area contributed by atoms with Crippen molar-refractivity contribution >= 4 is 39.1 Å². The number of thiophene rings is 1. The molecular formula is C16H14FN3O2S2. The molecule has 0 spiro atoms. The van der Waals surface area contributed by atoms with Crippen LogP contribution in [0.5, 0.6) is 0 Å². The predicted molar refractivity (Wildman–Crippen MR) is 95.0 cm³/mol. The minimum atomic E-state index is -0.398. The summed E-state index contributed by atoms with van der Waals surface area (Å²) < 4.78 is 13.9. The highest BCUT2D eigenvalue weighted by Crippen LogP contribution is 2.27. The van der Waals surface area contributed by atoms with Crippen LogP contribution in [-0.2, 0) is 0 Å². The second-order valence-electron chi connectivity index (χ2n) is 5.25. The molecule has 0 fully saturated rings. The van der Waals surface area contributed by atoms with Gasteiger partial charge in [0, 0.05) is 10.4 Å². The molecule has 2 aromatic heterocycles. The Morgan fingerprint density at radius 2 is 2.00 bits per heavy atom. The molecule has 0 amide bonds. The number of nitrogens with two attached hydrogens (primary N) is 1. The van der Waals surface area contributed by atoms with Crippen molar-refractivity contribution in [2.24, 2.45) is 0 Å². The van der Waals surface area contributed by atoms with Crippen molar-refractivity contribution < 1.29 is 9.18 Å². The van der Waals surface area contributed by atoms with Crippen LogP contribution in [0.25, 0.3) is 10.2 Å². The molecule has 0 bridgehead atoms. The van der Waals surface area contributed by atoms with Gasteiger partial charge in [-0.2, -0.15) is 0 Å². The molecule has 0 atom stereocenters. The number of hydrogen-bond acceptors (Lipinski definition) is 6. The van der Waals surface area contributed by atoms with Crippen molar-refractivity contribution in [3.05, 3.63) is 56.4 Å². The molecule has 0 saturated heterocycles. The maximum Gasteiger partial charge on any atom is 0.281 e. The maximum atomic E-state index is 12.9. The second-order valence-corrected chi connectivity index (χ2v) is 7.40. The number of halogens is 1. The lowest BCUT2D eigenvalue weighted by molar-refractivity contribution is 0.102. The SMILES string of the molecule is Cc1sc2nc(SCC(=O)c3ccc(F)cc3)n(N)c(=O)c2c1C. The van der Waals surface area contributed by atoms with Crippen molar-refractivity contribution in [1.82, 2.24) is 9.66 Å². The number of nitrogens with zero attached hydrogens (tertiary/aromatic N) is 2. The zero-order chi connectivity index (χ0) is 17.4. The third-order valence-electron chi connectivity index (χ3n) is 3.70. The average molecular weight is 363 g/mol. The molecule has 1 aromatic carbocycles. The largest absolute Gasteiger partial charge is 0.334 e. The summed E-state index contributed by atoms with van der Waals surface area (Å²) >= 11 is 2.52. The van der Waals surface area contributed by atoms with E-state index >= 15 is 0 Å². The number of ketones is 1. The van der Waals surface area contributed by atoms with E-state index in [1.54, 1.807) is 0 Å². The fourth-order valence-electron chi connectivity index (χ4n) is 2.24. The first-order valence-corrected chi connectivity index (χ1v) is 8.88. The molecule has 24 heavy (non-hydrogen) atoms. The third kappa shape index (κ3) is 2.94. The number of fused-ring (bicyclic) bond motifs is 1. The van der Waals surface area contributed by atoms with Gasteiger partial charge in [0.25, 0.3) is 5.56 Å². The van der Waals surface area contributed by atoms with Gasteiger partial charge in [0.15, 0.2) is 10.9 Å².